The number of carbonyl (C=O) groups excluding carboxylic acids is 1. The predicted octanol–water partition coefficient (Wildman–Crippen LogP) is 1.67. The van der Waals surface area contributed by atoms with Gasteiger partial charge in [0.15, 0.2) is 0 Å². The quantitative estimate of drug-likeness (QED) is 0.634. The highest BCUT2D eigenvalue weighted by Crippen LogP contribution is 2.23. The molecule has 0 N–H and O–H groups in total. The lowest BCUT2D eigenvalue weighted by Crippen LogP contribution is -2.46. The fraction of sp³-hybridized carbons (Fsp3) is 0.909. The molecule has 0 saturated carbocycles. The molecule has 1 heterocycles. The monoisotopic (exact) mass is 199 g/mol. The zero-order valence-electron chi connectivity index (χ0n) is 9.62. The van der Waals surface area contributed by atoms with Crippen LogP contribution in [-0.2, 0) is 9.53 Å². The number of carbonyl (C=O) groups is 1. The smallest absolute Gasteiger partial charge is 0.305 e. The van der Waals surface area contributed by atoms with Gasteiger partial charge in [0, 0.05) is 24.9 Å². The van der Waals surface area contributed by atoms with E-state index in [2.05, 4.69) is 25.8 Å². The van der Waals surface area contributed by atoms with E-state index in [1.54, 1.807) is 0 Å². The van der Waals surface area contributed by atoms with Crippen LogP contribution >= 0.6 is 0 Å². The Morgan fingerprint density at radius 1 is 1.50 bits per heavy atom. The number of hydrogen-bond acceptors (Lipinski definition) is 3. The second kappa shape index (κ2) is 4.78. The highest BCUT2D eigenvalue weighted by atomic mass is 16.5. The van der Waals surface area contributed by atoms with Gasteiger partial charge in [0.05, 0.1) is 0 Å². The number of nitrogens with zero attached hydrogens (tertiary/aromatic N) is 1. The Morgan fingerprint density at radius 2 is 2.14 bits per heavy atom. The summed E-state index contributed by atoms with van der Waals surface area (Å²) in [4.78, 5) is 13.5. The van der Waals surface area contributed by atoms with Crippen molar-refractivity contribution in [1.29, 1.82) is 0 Å². The van der Waals surface area contributed by atoms with Crippen LogP contribution in [0, 0.1) is 5.92 Å². The van der Waals surface area contributed by atoms with Crippen molar-refractivity contribution >= 4 is 5.97 Å². The molecule has 1 aliphatic heterocycles. The molecule has 1 saturated heterocycles. The first kappa shape index (κ1) is 11.5. The molecule has 0 unspecified atom stereocenters. The highest BCUT2D eigenvalue weighted by molar-refractivity contribution is 5.69. The lowest BCUT2D eigenvalue weighted by atomic mass is 9.92. The van der Waals surface area contributed by atoms with Crippen molar-refractivity contribution in [3.05, 3.63) is 0 Å². The van der Waals surface area contributed by atoms with Crippen LogP contribution in [0.3, 0.4) is 0 Å². The van der Waals surface area contributed by atoms with Crippen molar-refractivity contribution < 1.29 is 9.53 Å². The van der Waals surface area contributed by atoms with Crippen molar-refractivity contribution in [2.24, 2.45) is 5.92 Å². The van der Waals surface area contributed by atoms with E-state index < -0.39 is 0 Å². The molecule has 0 amide bonds. The fourth-order valence-corrected chi connectivity index (χ4v) is 1.92. The SMILES string of the molecule is CCC(=O)O[C@@H]1C[C@@H](C)N(C)C[C@@H]1C. The maximum atomic E-state index is 11.2. The van der Waals surface area contributed by atoms with Crippen molar-refractivity contribution in [3.8, 4) is 0 Å². The second-order valence-corrected chi connectivity index (χ2v) is 4.38. The molecule has 3 heteroatoms. The molecule has 1 fully saturated rings. The Bertz CT molecular complexity index is 205. The number of ether oxygens (including phenoxy) is 1. The zero-order valence-corrected chi connectivity index (χ0v) is 9.62. The summed E-state index contributed by atoms with van der Waals surface area (Å²) in [5.41, 5.74) is 0. The van der Waals surface area contributed by atoms with Gasteiger partial charge in [-0.15, -0.1) is 0 Å². The Kier molecular flexibility index (Phi) is 3.93. The predicted molar refractivity (Wildman–Crippen MR) is 56.0 cm³/mol. The molecule has 0 aliphatic carbocycles. The average Bonchev–Trinajstić information content (AvgIpc) is 2.14. The number of rotatable bonds is 2. The lowest BCUT2D eigenvalue weighted by molar-refractivity contribution is -0.155. The summed E-state index contributed by atoms with van der Waals surface area (Å²) in [6.45, 7) is 7.18. The molecule has 14 heavy (non-hydrogen) atoms. The first-order valence-corrected chi connectivity index (χ1v) is 5.44. The van der Waals surface area contributed by atoms with E-state index >= 15 is 0 Å². The molecule has 0 aromatic heterocycles. The van der Waals surface area contributed by atoms with Gasteiger partial charge >= 0.3 is 5.97 Å². The summed E-state index contributed by atoms with van der Waals surface area (Å²) in [5, 5.41) is 0. The van der Waals surface area contributed by atoms with Crippen LogP contribution in [0.25, 0.3) is 0 Å². The Labute approximate surface area is 86.4 Å². The largest absolute Gasteiger partial charge is 0.462 e. The molecular formula is C11H21NO2. The van der Waals surface area contributed by atoms with Crippen molar-refractivity contribution in [2.45, 2.75) is 45.8 Å². The van der Waals surface area contributed by atoms with Gasteiger partial charge in [-0.3, -0.25) is 4.79 Å². The van der Waals surface area contributed by atoms with Crippen molar-refractivity contribution in [1.82, 2.24) is 4.90 Å². The topological polar surface area (TPSA) is 29.5 Å². The van der Waals surface area contributed by atoms with Crippen molar-refractivity contribution in [2.75, 3.05) is 13.6 Å². The van der Waals surface area contributed by atoms with E-state index in [1.165, 1.54) is 0 Å². The molecule has 0 aromatic rings. The van der Waals surface area contributed by atoms with E-state index in [1.807, 2.05) is 6.92 Å². The molecular weight excluding hydrogens is 178 g/mol. The Balaban J connectivity index is 2.48. The van der Waals surface area contributed by atoms with Crippen LogP contribution in [-0.4, -0.2) is 36.6 Å². The average molecular weight is 199 g/mol. The maximum absolute atomic E-state index is 11.2. The second-order valence-electron chi connectivity index (χ2n) is 4.38. The maximum Gasteiger partial charge on any atom is 0.305 e. The summed E-state index contributed by atoms with van der Waals surface area (Å²) in [5.74, 6) is 0.380. The van der Waals surface area contributed by atoms with Crippen LogP contribution in [0.1, 0.15) is 33.6 Å². The molecule has 3 atom stereocenters. The van der Waals surface area contributed by atoms with Gasteiger partial charge in [-0.1, -0.05) is 13.8 Å². The summed E-state index contributed by atoms with van der Waals surface area (Å²) in [7, 11) is 2.12. The van der Waals surface area contributed by atoms with Gasteiger partial charge in [-0.25, -0.2) is 0 Å². The lowest BCUT2D eigenvalue weighted by Gasteiger charge is -2.38. The molecule has 82 valence electrons. The number of likely N-dealkylation sites (tertiary alicyclic amines) is 1. The van der Waals surface area contributed by atoms with E-state index in [4.69, 9.17) is 4.74 Å². The first-order chi connectivity index (χ1) is 6.54. The third-order valence-electron chi connectivity index (χ3n) is 3.11. The number of esters is 1. The summed E-state index contributed by atoms with van der Waals surface area (Å²) in [6, 6.07) is 0.515. The molecule has 3 nitrogen and oxygen atoms in total. The van der Waals surface area contributed by atoms with Crippen LogP contribution in [0.2, 0.25) is 0 Å². The summed E-state index contributed by atoms with van der Waals surface area (Å²) < 4.78 is 5.41. The first-order valence-electron chi connectivity index (χ1n) is 5.44. The number of piperidine rings is 1. The molecule has 0 radical (unpaired) electrons. The van der Waals surface area contributed by atoms with Gasteiger partial charge in [-0.2, -0.15) is 0 Å². The standard InChI is InChI=1S/C11H21NO2/c1-5-11(13)14-10-6-9(3)12(4)7-8(10)2/h8-10H,5-7H2,1-4H3/t8-,9+,10+/m0/s1. The van der Waals surface area contributed by atoms with Crippen LogP contribution in [0.5, 0.6) is 0 Å². The summed E-state index contributed by atoms with van der Waals surface area (Å²) in [6.07, 6.45) is 1.56. The summed E-state index contributed by atoms with van der Waals surface area (Å²) >= 11 is 0. The highest BCUT2D eigenvalue weighted by Gasteiger charge is 2.31. The molecule has 1 aliphatic rings. The molecule has 1 rings (SSSR count). The van der Waals surface area contributed by atoms with E-state index in [9.17, 15) is 4.79 Å². The van der Waals surface area contributed by atoms with Gasteiger partial charge in [0.2, 0.25) is 0 Å². The minimum Gasteiger partial charge on any atom is -0.462 e. The van der Waals surface area contributed by atoms with E-state index in [0.29, 0.717) is 18.4 Å². The fourth-order valence-electron chi connectivity index (χ4n) is 1.92. The normalized spacial score (nSPS) is 34.1. The van der Waals surface area contributed by atoms with Gasteiger partial charge in [0.1, 0.15) is 6.10 Å². The van der Waals surface area contributed by atoms with Crippen LogP contribution in [0.15, 0.2) is 0 Å². The van der Waals surface area contributed by atoms with Gasteiger partial charge in [-0.05, 0) is 20.4 Å². The van der Waals surface area contributed by atoms with Crippen LogP contribution < -0.4 is 0 Å². The third-order valence-corrected chi connectivity index (χ3v) is 3.11. The number of hydrogen-bond donors (Lipinski definition) is 0. The molecule has 0 aromatic carbocycles. The van der Waals surface area contributed by atoms with E-state index in [0.717, 1.165) is 13.0 Å². The Hall–Kier alpha value is -0.570. The minimum atomic E-state index is -0.0707. The molecule has 0 bridgehead atoms. The zero-order chi connectivity index (χ0) is 10.7. The molecule has 0 spiro atoms. The van der Waals surface area contributed by atoms with Gasteiger partial charge < -0.3 is 9.64 Å². The third kappa shape index (κ3) is 2.71. The van der Waals surface area contributed by atoms with Gasteiger partial charge in [0.25, 0.3) is 0 Å². The Morgan fingerprint density at radius 3 is 2.71 bits per heavy atom. The minimum absolute atomic E-state index is 0.0707. The van der Waals surface area contributed by atoms with Crippen LogP contribution in [0.4, 0.5) is 0 Å². The van der Waals surface area contributed by atoms with Crippen molar-refractivity contribution in [3.63, 3.8) is 0 Å². The van der Waals surface area contributed by atoms with E-state index in [-0.39, 0.29) is 12.1 Å².